The zero-order valence-electron chi connectivity index (χ0n) is 14.6. The van der Waals surface area contributed by atoms with Gasteiger partial charge in [-0.1, -0.05) is 6.07 Å². The highest BCUT2D eigenvalue weighted by Crippen LogP contribution is 2.28. The maximum absolute atomic E-state index is 12.5. The Bertz CT molecular complexity index is 792. The molecule has 0 bridgehead atoms. The number of nitrogens with one attached hydrogen (secondary N) is 3. The second-order valence-corrected chi connectivity index (χ2v) is 5.73. The highest BCUT2D eigenvalue weighted by Gasteiger charge is 2.30. The fraction of sp³-hybridized carbons (Fsp3) is 0.278. The molecule has 3 N–H and O–H groups in total. The number of hydrogen-bond donors (Lipinski definition) is 3. The normalized spacial score (nSPS) is 11.0. The largest absolute Gasteiger partial charge is 0.417 e. The zero-order valence-corrected chi connectivity index (χ0v) is 14.6. The molecule has 0 aliphatic heterocycles. The van der Waals surface area contributed by atoms with Crippen LogP contribution in [0, 0.1) is 0 Å². The number of benzene rings is 1. The number of aromatic nitrogens is 1. The SMILES string of the molecule is CC(=O)Nc1cccc(C(=O)NCCCNc2ccc(C(F)(F)F)cn2)c1. The summed E-state index contributed by atoms with van der Waals surface area (Å²) in [5, 5.41) is 8.23. The van der Waals surface area contributed by atoms with Crippen molar-refractivity contribution in [1.29, 1.82) is 0 Å². The fourth-order valence-electron chi connectivity index (χ4n) is 2.22. The van der Waals surface area contributed by atoms with Crippen molar-refractivity contribution in [2.75, 3.05) is 23.7 Å². The molecular weight excluding hydrogens is 361 g/mol. The van der Waals surface area contributed by atoms with Crippen LogP contribution in [-0.2, 0) is 11.0 Å². The van der Waals surface area contributed by atoms with E-state index in [2.05, 4.69) is 20.9 Å². The van der Waals surface area contributed by atoms with Crippen molar-refractivity contribution in [1.82, 2.24) is 10.3 Å². The molecule has 2 rings (SSSR count). The van der Waals surface area contributed by atoms with E-state index in [0.717, 1.165) is 12.3 Å². The Kier molecular flexibility index (Phi) is 6.75. The van der Waals surface area contributed by atoms with E-state index in [0.29, 0.717) is 36.6 Å². The van der Waals surface area contributed by atoms with E-state index >= 15 is 0 Å². The summed E-state index contributed by atoms with van der Waals surface area (Å²) in [6.07, 6.45) is -3.08. The summed E-state index contributed by atoms with van der Waals surface area (Å²) in [7, 11) is 0. The molecular formula is C18H19F3N4O2. The highest BCUT2D eigenvalue weighted by atomic mass is 19.4. The number of rotatable bonds is 7. The Morgan fingerprint density at radius 2 is 1.89 bits per heavy atom. The molecule has 1 heterocycles. The molecule has 0 saturated heterocycles. The number of carbonyl (C=O) groups is 2. The fourth-order valence-corrected chi connectivity index (χ4v) is 2.22. The van der Waals surface area contributed by atoms with Gasteiger partial charge >= 0.3 is 6.18 Å². The first-order valence-electron chi connectivity index (χ1n) is 8.18. The summed E-state index contributed by atoms with van der Waals surface area (Å²) >= 11 is 0. The maximum atomic E-state index is 12.5. The molecule has 27 heavy (non-hydrogen) atoms. The Hall–Kier alpha value is -3.10. The number of carbonyl (C=O) groups excluding carboxylic acids is 2. The minimum atomic E-state index is -4.41. The van der Waals surface area contributed by atoms with Crippen molar-refractivity contribution in [3.8, 4) is 0 Å². The number of amides is 2. The monoisotopic (exact) mass is 380 g/mol. The first kappa shape index (κ1) is 20.2. The maximum Gasteiger partial charge on any atom is 0.417 e. The van der Waals surface area contributed by atoms with Crippen LogP contribution in [0.25, 0.3) is 0 Å². The number of pyridine rings is 1. The molecule has 2 amide bonds. The molecule has 1 aromatic heterocycles. The standard InChI is InChI=1S/C18H19F3N4O2/c1-12(26)25-15-5-2-4-13(10-15)17(27)23-9-3-8-22-16-7-6-14(11-24-16)18(19,20)21/h2,4-7,10-11H,3,8-9H2,1H3,(H,22,24)(H,23,27)(H,25,26). The minimum absolute atomic E-state index is 0.226. The van der Waals surface area contributed by atoms with Gasteiger partial charge in [0.1, 0.15) is 5.82 Å². The molecule has 0 fully saturated rings. The number of nitrogens with zero attached hydrogens (tertiary/aromatic N) is 1. The Morgan fingerprint density at radius 3 is 2.52 bits per heavy atom. The third-order valence-corrected chi connectivity index (χ3v) is 3.48. The molecule has 2 aromatic rings. The van der Waals surface area contributed by atoms with Gasteiger partial charge in [-0.2, -0.15) is 13.2 Å². The first-order chi connectivity index (χ1) is 12.8. The van der Waals surface area contributed by atoms with E-state index in [9.17, 15) is 22.8 Å². The lowest BCUT2D eigenvalue weighted by Crippen LogP contribution is -2.26. The van der Waals surface area contributed by atoms with Gasteiger partial charge in [0.05, 0.1) is 5.56 Å². The van der Waals surface area contributed by atoms with E-state index in [4.69, 9.17) is 0 Å². The summed E-state index contributed by atoms with van der Waals surface area (Å²) in [5.74, 6) is -0.178. The highest BCUT2D eigenvalue weighted by molar-refractivity contribution is 5.96. The van der Waals surface area contributed by atoms with Gasteiger partial charge in [-0.3, -0.25) is 9.59 Å². The topological polar surface area (TPSA) is 83.1 Å². The van der Waals surface area contributed by atoms with Gasteiger partial charge in [-0.25, -0.2) is 4.98 Å². The predicted molar refractivity (Wildman–Crippen MR) is 95.4 cm³/mol. The molecule has 0 radical (unpaired) electrons. The van der Waals surface area contributed by atoms with Crippen molar-refractivity contribution >= 4 is 23.3 Å². The lowest BCUT2D eigenvalue weighted by Gasteiger charge is -2.09. The van der Waals surface area contributed by atoms with Crippen LogP contribution >= 0.6 is 0 Å². The van der Waals surface area contributed by atoms with Crippen LogP contribution in [0.4, 0.5) is 24.7 Å². The molecule has 9 heteroatoms. The number of anilines is 2. The van der Waals surface area contributed by atoms with Gasteiger partial charge in [0.2, 0.25) is 5.91 Å². The van der Waals surface area contributed by atoms with Crippen LogP contribution in [-0.4, -0.2) is 29.9 Å². The van der Waals surface area contributed by atoms with E-state index in [1.807, 2.05) is 0 Å². The third kappa shape index (κ3) is 6.61. The molecule has 6 nitrogen and oxygen atoms in total. The Morgan fingerprint density at radius 1 is 1.11 bits per heavy atom. The zero-order chi connectivity index (χ0) is 19.9. The second-order valence-electron chi connectivity index (χ2n) is 5.73. The van der Waals surface area contributed by atoms with Crippen LogP contribution in [0.3, 0.4) is 0 Å². The predicted octanol–water partition coefficient (Wildman–Crippen LogP) is 3.29. The molecule has 1 aromatic carbocycles. The van der Waals surface area contributed by atoms with E-state index < -0.39 is 11.7 Å². The van der Waals surface area contributed by atoms with Crippen LogP contribution in [0.5, 0.6) is 0 Å². The summed E-state index contributed by atoms with van der Waals surface area (Å²) in [6, 6.07) is 8.76. The second kappa shape index (κ2) is 9.02. The van der Waals surface area contributed by atoms with Gasteiger partial charge in [0.15, 0.2) is 0 Å². The molecule has 0 unspecified atom stereocenters. The minimum Gasteiger partial charge on any atom is -0.370 e. The van der Waals surface area contributed by atoms with E-state index in [1.54, 1.807) is 24.3 Å². The van der Waals surface area contributed by atoms with Crippen molar-refractivity contribution in [3.63, 3.8) is 0 Å². The Labute approximate surface area is 154 Å². The summed E-state index contributed by atoms with van der Waals surface area (Å²) in [6.45, 7) is 2.19. The summed E-state index contributed by atoms with van der Waals surface area (Å²) < 4.78 is 37.4. The average molecular weight is 380 g/mol. The molecule has 0 aliphatic carbocycles. The van der Waals surface area contributed by atoms with Crippen molar-refractivity contribution in [2.24, 2.45) is 0 Å². The van der Waals surface area contributed by atoms with Gasteiger partial charge in [-0.05, 0) is 36.8 Å². The van der Waals surface area contributed by atoms with Crippen molar-refractivity contribution in [3.05, 3.63) is 53.7 Å². The third-order valence-electron chi connectivity index (χ3n) is 3.48. The smallest absolute Gasteiger partial charge is 0.370 e. The number of alkyl halides is 3. The van der Waals surface area contributed by atoms with Crippen LogP contribution in [0.1, 0.15) is 29.3 Å². The first-order valence-corrected chi connectivity index (χ1v) is 8.18. The van der Waals surface area contributed by atoms with Crippen LogP contribution in [0.15, 0.2) is 42.6 Å². The van der Waals surface area contributed by atoms with Crippen molar-refractivity contribution < 1.29 is 22.8 Å². The number of hydrogen-bond acceptors (Lipinski definition) is 4. The number of halogens is 3. The van der Waals surface area contributed by atoms with Crippen molar-refractivity contribution in [2.45, 2.75) is 19.5 Å². The van der Waals surface area contributed by atoms with Crippen LogP contribution in [0.2, 0.25) is 0 Å². The molecule has 0 spiro atoms. The molecule has 0 atom stereocenters. The quantitative estimate of drug-likeness (QED) is 0.644. The lowest BCUT2D eigenvalue weighted by molar-refractivity contribution is -0.137. The van der Waals surface area contributed by atoms with E-state index in [1.165, 1.54) is 13.0 Å². The van der Waals surface area contributed by atoms with Gasteiger partial charge < -0.3 is 16.0 Å². The summed E-state index contributed by atoms with van der Waals surface area (Å²) in [4.78, 5) is 26.8. The van der Waals surface area contributed by atoms with Gasteiger partial charge in [-0.15, -0.1) is 0 Å². The lowest BCUT2D eigenvalue weighted by atomic mass is 10.2. The summed E-state index contributed by atoms with van der Waals surface area (Å²) in [5.41, 5.74) is 0.144. The van der Waals surface area contributed by atoms with Gasteiger partial charge in [0, 0.05) is 37.5 Å². The van der Waals surface area contributed by atoms with Crippen LogP contribution < -0.4 is 16.0 Å². The molecule has 0 aliphatic rings. The van der Waals surface area contributed by atoms with E-state index in [-0.39, 0.29) is 11.8 Å². The van der Waals surface area contributed by atoms with Gasteiger partial charge in [0.25, 0.3) is 5.91 Å². The molecule has 144 valence electrons. The average Bonchev–Trinajstić information content (AvgIpc) is 2.60. The Balaban J connectivity index is 1.73. The molecule has 0 saturated carbocycles.